The van der Waals surface area contributed by atoms with Gasteiger partial charge in [0, 0.05) is 24.4 Å². The number of nitro groups is 1. The Morgan fingerprint density at radius 2 is 2.00 bits per heavy atom. The number of nitrogens with one attached hydrogen (secondary N) is 1. The van der Waals surface area contributed by atoms with Gasteiger partial charge in [-0.05, 0) is 42.0 Å². The summed E-state index contributed by atoms with van der Waals surface area (Å²) in [4.78, 5) is 27.1. The first-order chi connectivity index (χ1) is 14.1. The van der Waals surface area contributed by atoms with Gasteiger partial charge >= 0.3 is 5.69 Å². The highest BCUT2D eigenvalue weighted by molar-refractivity contribution is 5.95. The van der Waals surface area contributed by atoms with E-state index in [1.54, 1.807) is 6.20 Å². The van der Waals surface area contributed by atoms with Crippen LogP contribution >= 0.6 is 0 Å². The van der Waals surface area contributed by atoms with Crippen LogP contribution in [-0.2, 0) is 13.2 Å². The number of benzene rings is 2. The number of hydrogen-bond donors (Lipinski definition) is 1. The first-order valence-corrected chi connectivity index (χ1v) is 8.79. The van der Waals surface area contributed by atoms with Crippen LogP contribution in [0.2, 0.25) is 0 Å². The Morgan fingerprint density at radius 3 is 2.72 bits per heavy atom. The summed E-state index contributed by atoms with van der Waals surface area (Å²) in [6.45, 7) is 0.589. The number of nitrogens with zero attached hydrogens (tertiary/aromatic N) is 2. The largest absolute Gasteiger partial charge is 0.490 e. The molecule has 148 valence electrons. The van der Waals surface area contributed by atoms with Gasteiger partial charge in [-0.1, -0.05) is 18.2 Å². The zero-order valence-corrected chi connectivity index (χ0v) is 15.7. The number of rotatable bonds is 8. The van der Waals surface area contributed by atoms with E-state index in [9.17, 15) is 14.9 Å². The number of amides is 1. The van der Waals surface area contributed by atoms with E-state index in [0.29, 0.717) is 12.4 Å². The number of hydrogen-bond acceptors (Lipinski definition) is 6. The van der Waals surface area contributed by atoms with E-state index in [-0.39, 0.29) is 23.5 Å². The van der Waals surface area contributed by atoms with Crippen LogP contribution in [-0.4, -0.2) is 22.9 Å². The molecule has 1 N–H and O–H groups in total. The van der Waals surface area contributed by atoms with E-state index in [4.69, 9.17) is 9.47 Å². The standard InChI is InChI=1S/C21H19N3O5/c1-28-20-9-8-16(12-19(20)24(26)27)21(25)23-13-15-5-4-7-18(11-15)29-14-17-6-2-3-10-22-17/h2-12H,13-14H2,1H3,(H,23,25). The highest BCUT2D eigenvalue weighted by atomic mass is 16.6. The lowest BCUT2D eigenvalue weighted by atomic mass is 10.1. The Labute approximate surface area is 167 Å². The molecule has 0 aliphatic carbocycles. The molecule has 0 spiro atoms. The van der Waals surface area contributed by atoms with Crippen molar-refractivity contribution in [3.63, 3.8) is 0 Å². The number of ether oxygens (including phenoxy) is 2. The zero-order chi connectivity index (χ0) is 20.6. The summed E-state index contributed by atoms with van der Waals surface area (Å²) in [5.41, 5.74) is 1.57. The molecule has 0 bridgehead atoms. The molecular weight excluding hydrogens is 374 g/mol. The van der Waals surface area contributed by atoms with Gasteiger partial charge in [0.2, 0.25) is 0 Å². The first kappa shape index (κ1) is 19.8. The minimum absolute atomic E-state index is 0.101. The summed E-state index contributed by atoms with van der Waals surface area (Å²) >= 11 is 0. The molecule has 3 aromatic rings. The van der Waals surface area contributed by atoms with E-state index < -0.39 is 10.8 Å². The van der Waals surface area contributed by atoms with Crippen LogP contribution in [0.4, 0.5) is 5.69 Å². The molecule has 3 rings (SSSR count). The summed E-state index contributed by atoms with van der Waals surface area (Å²) in [5, 5.41) is 13.9. The van der Waals surface area contributed by atoms with Crippen LogP contribution in [0.1, 0.15) is 21.6 Å². The van der Waals surface area contributed by atoms with Gasteiger partial charge in [0.1, 0.15) is 12.4 Å². The van der Waals surface area contributed by atoms with Crippen LogP contribution in [0, 0.1) is 10.1 Å². The number of nitro benzene ring substituents is 1. The van der Waals surface area contributed by atoms with Crippen molar-refractivity contribution in [3.8, 4) is 11.5 Å². The Hall–Kier alpha value is -3.94. The average Bonchev–Trinajstić information content (AvgIpc) is 2.76. The first-order valence-electron chi connectivity index (χ1n) is 8.79. The maximum absolute atomic E-state index is 12.4. The molecular formula is C21H19N3O5. The van der Waals surface area contributed by atoms with Crippen molar-refractivity contribution in [2.24, 2.45) is 0 Å². The van der Waals surface area contributed by atoms with E-state index >= 15 is 0 Å². The van der Waals surface area contributed by atoms with Crippen molar-refractivity contribution in [1.82, 2.24) is 10.3 Å². The minimum Gasteiger partial charge on any atom is -0.490 e. The van der Waals surface area contributed by atoms with Crippen molar-refractivity contribution >= 4 is 11.6 Å². The summed E-state index contributed by atoms with van der Waals surface area (Å²) in [6, 6.07) is 17.0. The third-order valence-corrected chi connectivity index (χ3v) is 4.10. The second kappa shape index (κ2) is 9.32. The van der Waals surface area contributed by atoms with Crippen LogP contribution in [0.25, 0.3) is 0 Å². The lowest BCUT2D eigenvalue weighted by Gasteiger charge is -2.09. The highest BCUT2D eigenvalue weighted by Crippen LogP contribution is 2.27. The van der Waals surface area contributed by atoms with Gasteiger partial charge in [0.25, 0.3) is 5.91 Å². The van der Waals surface area contributed by atoms with E-state index in [1.807, 2.05) is 42.5 Å². The Balaban J connectivity index is 1.62. The van der Waals surface area contributed by atoms with Crippen LogP contribution in [0.15, 0.2) is 66.9 Å². The number of pyridine rings is 1. The maximum atomic E-state index is 12.4. The SMILES string of the molecule is COc1ccc(C(=O)NCc2cccc(OCc3ccccn3)c2)cc1[N+](=O)[O-]. The monoisotopic (exact) mass is 393 g/mol. The number of carbonyl (C=O) groups excluding carboxylic acids is 1. The second-order valence-corrected chi connectivity index (χ2v) is 6.08. The zero-order valence-electron chi connectivity index (χ0n) is 15.7. The Morgan fingerprint density at radius 1 is 1.14 bits per heavy atom. The molecule has 0 atom stereocenters. The predicted molar refractivity (Wildman–Crippen MR) is 106 cm³/mol. The van der Waals surface area contributed by atoms with E-state index in [0.717, 1.165) is 11.3 Å². The molecule has 8 heteroatoms. The molecule has 0 saturated heterocycles. The molecule has 0 aliphatic heterocycles. The van der Waals surface area contributed by atoms with Gasteiger partial charge in [-0.15, -0.1) is 0 Å². The molecule has 0 fully saturated rings. The second-order valence-electron chi connectivity index (χ2n) is 6.08. The molecule has 0 radical (unpaired) electrons. The lowest BCUT2D eigenvalue weighted by Crippen LogP contribution is -2.22. The van der Waals surface area contributed by atoms with Gasteiger partial charge in [0.15, 0.2) is 5.75 Å². The van der Waals surface area contributed by atoms with Gasteiger partial charge < -0.3 is 14.8 Å². The van der Waals surface area contributed by atoms with Crippen LogP contribution < -0.4 is 14.8 Å². The highest BCUT2D eigenvalue weighted by Gasteiger charge is 2.18. The van der Waals surface area contributed by atoms with Crippen LogP contribution in [0.3, 0.4) is 0 Å². The average molecular weight is 393 g/mol. The van der Waals surface area contributed by atoms with Crippen molar-refractivity contribution < 1.29 is 19.2 Å². The lowest BCUT2D eigenvalue weighted by molar-refractivity contribution is -0.385. The molecule has 8 nitrogen and oxygen atoms in total. The third kappa shape index (κ3) is 5.29. The topological polar surface area (TPSA) is 104 Å². The number of carbonyl (C=O) groups is 1. The van der Waals surface area contributed by atoms with Gasteiger partial charge in [-0.2, -0.15) is 0 Å². The number of aromatic nitrogens is 1. The smallest absolute Gasteiger partial charge is 0.311 e. The van der Waals surface area contributed by atoms with Crippen molar-refractivity contribution in [2.75, 3.05) is 7.11 Å². The Kier molecular flexibility index (Phi) is 6.36. The van der Waals surface area contributed by atoms with Crippen molar-refractivity contribution in [3.05, 3.63) is 93.8 Å². The van der Waals surface area contributed by atoms with E-state index in [1.165, 1.54) is 25.3 Å². The summed E-state index contributed by atoms with van der Waals surface area (Å²) < 4.78 is 10.7. The molecule has 2 aromatic carbocycles. The number of methoxy groups -OCH3 is 1. The minimum atomic E-state index is -0.585. The molecule has 0 aliphatic rings. The Bertz CT molecular complexity index is 1010. The summed E-state index contributed by atoms with van der Waals surface area (Å²) in [5.74, 6) is 0.336. The normalized spacial score (nSPS) is 10.2. The molecule has 1 amide bonds. The van der Waals surface area contributed by atoms with Crippen molar-refractivity contribution in [2.45, 2.75) is 13.2 Å². The summed E-state index contributed by atoms with van der Waals surface area (Å²) in [7, 11) is 1.34. The fourth-order valence-electron chi connectivity index (χ4n) is 2.64. The molecule has 29 heavy (non-hydrogen) atoms. The van der Waals surface area contributed by atoms with Gasteiger partial charge in [-0.25, -0.2) is 0 Å². The predicted octanol–water partition coefficient (Wildman–Crippen LogP) is 3.51. The van der Waals surface area contributed by atoms with E-state index in [2.05, 4.69) is 10.3 Å². The van der Waals surface area contributed by atoms with Gasteiger partial charge in [-0.3, -0.25) is 19.9 Å². The fourth-order valence-corrected chi connectivity index (χ4v) is 2.64. The van der Waals surface area contributed by atoms with Gasteiger partial charge in [0.05, 0.1) is 17.7 Å². The summed E-state index contributed by atoms with van der Waals surface area (Å²) in [6.07, 6.45) is 1.70. The molecule has 0 saturated carbocycles. The molecule has 0 unspecified atom stereocenters. The van der Waals surface area contributed by atoms with Crippen LogP contribution in [0.5, 0.6) is 11.5 Å². The maximum Gasteiger partial charge on any atom is 0.311 e. The third-order valence-electron chi connectivity index (χ3n) is 4.10. The fraction of sp³-hybridized carbons (Fsp3) is 0.143. The quantitative estimate of drug-likeness (QED) is 0.464. The molecule has 1 aromatic heterocycles. The van der Waals surface area contributed by atoms with Crippen molar-refractivity contribution in [1.29, 1.82) is 0 Å². The molecule has 1 heterocycles.